The Morgan fingerprint density at radius 3 is 3.17 bits per heavy atom. The summed E-state index contributed by atoms with van der Waals surface area (Å²) < 4.78 is 5.51. The van der Waals surface area contributed by atoms with Crippen LogP contribution in [-0.2, 0) is 4.74 Å². The van der Waals surface area contributed by atoms with Crippen molar-refractivity contribution in [3.63, 3.8) is 0 Å². The topological polar surface area (TPSA) is 28.1 Å². The minimum absolute atomic E-state index is 0.804. The number of ether oxygens (including phenoxy) is 1. The van der Waals surface area contributed by atoms with E-state index in [0.717, 1.165) is 38.7 Å². The van der Waals surface area contributed by atoms with Crippen LogP contribution < -0.4 is 0 Å². The van der Waals surface area contributed by atoms with Gasteiger partial charge >= 0.3 is 0 Å². The van der Waals surface area contributed by atoms with Crippen LogP contribution in [0.15, 0.2) is 16.6 Å². The standard InChI is InChI=1S/C8H11N3O/c1-2-11-6-9-5-7-8(11)10(1)3-4-12-7/h5H,1-4,6H2. The molecule has 4 nitrogen and oxygen atoms in total. The van der Waals surface area contributed by atoms with Gasteiger partial charge in [-0.3, -0.25) is 4.99 Å². The third kappa shape index (κ3) is 0.695. The molecule has 0 aliphatic carbocycles. The summed E-state index contributed by atoms with van der Waals surface area (Å²) in [6.07, 6.45) is 1.85. The third-order valence-corrected chi connectivity index (χ3v) is 2.54. The molecule has 3 rings (SSSR count). The Hall–Kier alpha value is -1.19. The Labute approximate surface area is 71.1 Å². The van der Waals surface area contributed by atoms with Crippen molar-refractivity contribution in [3.05, 3.63) is 11.6 Å². The second-order valence-corrected chi connectivity index (χ2v) is 3.24. The van der Waals surface area contributed by atoms with E-state index in [0.29, 0.717) is 0 Å². The number of hydrogen-bond donors (Lipinski definition) is 0. The summed E-state index contributed by atoms with van der Waals surface area (Å²) in [6, 6.07) is 0. The number of allylic oxidation sites excluding steroid dienone is 1. The lowest BCUT2D eigenvalue weighted by Gasteiger charge is -2.31. The SMILES string of the molecule is C1=NCN2CCN3CCOC1=C32. The summed E-state index contributed by atoms with van der Waals surface area (Å²) in [5, 5.41) is 0. The van der Waals surface area contributed by atoms with E-state index in [1.165, 1.54) is 5.82 Å². The van der Waals surface area contributed by atoms with Gasteiger partial charge in [0, 0.05) is 13.1 Å². The molecule has 0 N–H and O–H groups in total. The predicted octanol–water partition coefficient (Wildman–Crippen LogP) is -0.155. The highest BCUT2D eigenvalue weighted by Gasteiger charge is 2.32. The molecule has 0 bridgehead atoms. The lowest BCUT2D eigenvalue weighted by molar-refractivity contribution is 0.138. The zero-order chi connectivity index (χ0) is 7.97. The first-order chi connectivity index (χ1) is 5.95. The Morgan fingerprint density at radius 1 is 1.25 bits per heavy atom. The average molecular weight is 165 g/mol. The molecular formula is C8H11N3O. The predicted molar refractivity (Wildman–Crippen MR) is 44.6 cm³/mol. The highest BCUT2D eigenvalue weighted by atomic mass is 16.5. The number of rotatable bonds is 0. The molecular weight excluding hydrogens is 154 g/mol. The molecule has 0 aromatic heterocycles. The van der Waals surface area contributed by atoms with Gasteiger partial charge < -0.3 is 14.5 Å². The lowest BCUT2D eigenvalue weighted by Crippen LogP contribution is -2.34. The van der Waals surface area contributed by atoms with Gasteiger partial charge in [0.15, 0.2) is 11.6 Å². The highest BCUT2D eigenvalue weighted by Crippen LogP contribution is 2.26. The fourth-order valence-corrected chi connectivity index (χ4v) is 1.97. The van der Waals surface area contributed by atoms with Gasteiger partial charge in [0.1, 0.15) is 13.3 Å². The number of aliphatic imine (C=N–C) groups is 1. The maximum absolute atomic E-state index is 5.51. The van der Waals surface area contributed by atoms with Crippen molar-refractivity contribution < 1.29 is 4.74 Å². The largest absolute Gasteiger partial charge is 0.486 e. The van der Waals surface area contributed by atoms with Crippen molar-refractivity contribution in [2.75, 3.05) is 32.9 Å². The van der Waals surface area contributed by atoms with Gasteiger partial charge in [0.25, 0.3) is 0 Å². The first-order valence-corrected chi connectivity index (χ1v) is 4.32. The Balaban J connectivity index is 2.07. The van der Waals surface area contributed by atoms with Gasteiger partial charge in [0.05, 0.1) is 12.8 Å². The molecule has 0 spiro atoms. The maximum Gasteiger partial charge on any atom is 0.177 e. The van der Waals surface area contributed by atoms with Crippen LogP contribution in [-0.4, -0.2) is 48.9 Å². The summed E-state index contributed by atoms with van der Waals surface area (Å²) in [6.45, 7) is 4.87. The number of hydrogen-bond acceptors (Lipinski definition) is 4. The van der Waals surface area contributed by atoms with E-state index < -0.39 is 0 Å². The Kier molecular flexibility index (Phi) is 1.14. The first-order valence-electron chi connectivity index (χ1n) is 4.32. The van der Waals surface area contributed by atoms with E-state index >= 15 is 0 Å². The van der Waals surface area contributed by atoms with Gasteiger partial charge in [-0.1, -0.05) is 0 Å². The second kappa shape index (κ2) is 2.15. The van der Waals surface area contributed by atoms with Gasteiger partial charge in [-0.15, -0.1) is 0 Å². The molecule has 0 saturated carbocycles. The molecule has 0 aromatic carbocycles. The molecule has 3 aliphatic heterocycles. The van der Waals surface area contributed by atoms with Crippen LogP contribution in [0.1, 0.15) is 0 Å². The smallest absolute Gasteiger partial charge is 0.177 e. The summed E-state index contributed by atoms with van der Waals surface area (Å²) in [7, 11) is 0. The molecule has 0 atom stereocenters. The molecule has 0 radical (unpaired) electrons. The second-order valence-electron chi connectivity index (χ2n) is 3.24. The van der Waals surface area contributed by atoms with Crippen molar-refractivity contribution in [2.45, 2.75) is 0 Å². The van der Waals surface area contributed by atoms with Gasteiger partial charge in [-0.2, -0.15) is 0 Å². The summed E-state index contributed by atoms with van der Waals surface area (Å²) >= 11 is 0. The molecule has 0 aromatic rings. The quantitative estimate of drug-likeness (QED) is 0.499. The molecule has 0 unspecified atom stereocenters. The van der Waals surface area contributed by atoms with Crippen molar-refractivity contribution in [2.24, 2.45) is 4.99 Å². The monoisotopic (exact) mass is 165 g/mol. The van der Waals surface area contributed by atoms with E-state index in [9.17, 15) is 0 Å². The molecule has 0 amide bonds. The summed E-state index contributed by atoms with van der Waals surface area (Å²) in [5.74, 6) is 2.22. The van der Waals surface area contributed by atoms with Gasteiger partial charge in [-0.25, -0.2) is 0 Å². The van der Waals surface area contributed by atoms with E-state index in [4.69, 9.17) is 4.74 Å². The van der Waals surface area contributed by atoms with Crippen LogP contribution in [0.2, 0.25) is 0 Å². The van der Waals surface area contributed by atoms with Crippen molar-refractivity contribution >= 4 is 6.21 Å². The molecule has 3 heterocycles. The Bertz CT molecular complexity index is 271. The molecule has 1 fully saturated rings. The average Bonchev–Trinajstić information content (AvgIpc) is 2.52. The number of nitrogens with zero attached hydrogens (tertiary/aromatic N) is 3. The third-order valence-electron chi connectivity index (χ3n) is 2.54. The van der Waals surface area contributed by atoms with E-state index in [1.807, 2.05) is 6.21 Å². The van der Waals surface area contributed by atoms with Gasteiger partial charge in [-0.05, 0) is 0 Å². The van der Waals surface area contributed by atoms with E-state index in [1.54, 1.807) is 0 Å². The highest BCUT2D eigenvalue weighted by molar-refractivity contribution is 5.78. The van der Waals surface area contributed by atoms with Crippen molar-refractivity contribution in [3.8, 4) is 0 Å². The summed E-state index contributed by atoms with van der Waals surface area (Å²) in [5.41, 5.74) is 0. The van der Waals surface area contributed by atoms with E-state index in [-0.39, 0.29) is 0 Å². The van der Waals surface area contributed by atoms with Crippen molar-refractivity contribution in [1.82, 2.24) is 9.80 Å². The van der Waals surface area contributed by atoms with Crippen LogP contribution >= 0.6 is 0 Å². The molecule has 3 aliphatic rings. The van der Waals surface area contributed by atoms with Crippen LogP contribution in [0.3, 0.4) is 0 Å². The normalized spacial score (nSPS) is 26.0. The molecule has 12 heavy (non-hydrogen) atoms. The van der Waals surface area contributed by atoms with E-state index in [2.05, 4.69) is 14.8 Å². The summed E-state index contributed by atoms with van der Waals surface area (Å²) in [4.78, 5) is 8.88. The van der Waals surface area contributed by atoms with Crippen LogP contribution in [0.25, 0.3) is 0 Å². The van der Waals surface area contributed by atoms with Crippen LogP contribution in [0.5, 0.6) is 0 Å². The first kappa shape index (κ1) is 6.34. The van der Waals surface area contributed by atoms with Crippen LogP contribution in [0, 0.1) is 0 Å². The zero-order valence-corrected chi connectivity index (χ0v) is 6.86. The molecule has 64 valence electrons. The molecule has 4 heteroatoms. The fraction of sp³-hybridized carbons (Fsp3) is 0.625. The van der Waals surface area contributed by atoms with Crippen LogP contribution in [0.4, 0.5) is 0 Å². The minimum atomic E-state index is 0.804. The fourth-order valence-electron chi connectivity index (χ4n) is 1.97. The molecule has 1 saturated heterocycles. The van der Waals surface area contributed by atoms with Gasteiger partial charge in [0.2, 0.25) is 0 Å². The maximum atomic E-state index is 5.51. The van der Waals surface area contributed by atoms with Crippen molar-refractivity contribution in [1.29, 1.82) is 0 Å². The Morgan fingerprint density at radius 2 is 2.17 bits per heavy atom. The lowest BCUT2D eigenvalue weighted by atomic mass is 10.4. The minimum Gasteiger partial charge on any atom is -0.486 e. The zero-order valence-electron chi connectivity index (χ0n) is 6.86.